The highest BCUT2D eigenvalue weighted by Crippen LogP contribution is 2.53. The number of hydrogen-bond donors (Lipinski definition) is 0. The molecule has 3 rings (SSSR count). The van der Waals surface area contributed by atoms with Gasteiger partial charge >= 0.3 is 0 Å². The first-order chi connectivity index (χ1) is 10.9. The van der Waals surface area contributed by atoms with E-state index in [0.717, 1.165) is 6.42 Å². The summed E-state index contributed by atoms with van der Waals surface area (Å²) in [5.41, 5.74) is 2.78. The molecule has 0 saturated carbocycles. The van der Waals surface area contributed by atoms with Gasteiger partial charge in [-0.15, -0.1) is 23.5 Å². The third-order valence-electron chi connectivity index (χ3n) is 3.92. The van der Waals surface area contributed by atoms with Crippen molar-refractivity contribution in [2.75, 3.05) is 11.5 Å². The van der Waals surface area contributed by atoms with E-state index in [0.29, 0.717) is 0 Å². The van der Waals surface area contributed by atoms with Gasteiger partial charge in [0.2, 0.25) is 0 Å². The summed E-state index contributed by atoms with van der Waals surface area (Å²) in [4.78, 5) is 0. The fourth-order valence-electron chi connectivity index (χ4n) is 2.78. The standard InChI is InChI=1S/C20H22S2/c1-3-10-18(11-4-1)12-7-8-15-20(21-16-9-17-22-20)19-13-5-2-6-14-19/h1-7,10-14H,8-9,15-17H2/b12-7+. The highest BCUT2D eigenvalue weighted by molar-refractivity contribution is 8.18. The molecule has 0 nitrogen and oxygen atoms in total. The molecular weight excluding hydrogens is 304 g/mol. The molecule has 0 unspecified atom stereocenters. The van der Waals surface area contributed by atoms with Crippen LogP contribution >= 0.6 is 23.5 Å². The predicted molar refractivity (Wildman–Crippen MR) is 102 cm³/mol. The Balaban J connectivity index is 1.67. The van der Waals surface area contributed by atoms with Crippen LogP contribution in [0.1, 0.15) is 30.4 Å². The first-order valence-corrected chi connectivity index (χ1v) is 9.91. The van der Waals surface area contributed by atoms with Gasteiger partial charge in [-0.05, 0) is 41.9 Å². The van der Waals surface area contributed by atoms with Crippen molar-refractivity contribution >= 4 is 29.6 Å². The lowest BCUT2D eigenvalue weighted by Gasteiger charge is -2.36. The third kappa shape index (κ3) is 3.99. The molecule has 0 atom stereocenters. The van der Waals surface area contributed by atoms with E-state index in [4.69, 9.17) is 0 Å². The molecule has 1 heterocycles. The molecule has 22 heavy (non-hydrogen) atoms. The van der Waals surface area contributed by atoms with Gasteiger partial charge in [-0.3, -0.25) is 0 Å². The van der Waals surface area contributed by atoms with Gasteiger partial charge in [-0.2, -0.15) is 0 Å². The molecule has 1 aliphatic heterocycles. The lowest BCUT2D eigenvalue weighted by molar-refractivity contribution is 0.763. The Morgan fingerprint density at radius 3 is 2.18 bits per heavy atom. The van der Waals surface area contributed by atoms with Crippen molar-refractivity contribution in [1.29, 1.82) is 0 Å². The molecule has 2 aromatic carbocycles. The van der Waals surface area contributed by atoms with E-state index in [1.165, 1.54) is 35.5 Å². The molecule has 0 aromatic heterocycles. The molecule has 0 N–H and O–H groups in total. The smallest absolute Gasteiger partial charge is 0.0863 e. The summed E-state index contributed by atoms with van der Waals surface area (Å²) in [5, 5.41) is 0. The van der Waals surface area contributed by atoms with Gasteiger partial charge in [-0.1, -0.05) is 72.8 Å². The molecule has 0 amide bonds. The first-order valence-electron chi connectivity index (χ1n) is 7.94. The fraction of sp³-hybridized carbons (Fsp3) is 0.300. The first kappa shape index (κ1) is 15.8. The molecule has 0 bridgehead atoms. The van der Waals surface area contributed by atoms with Gasteiger partial charge in [0.1, 0.15) is 0 Å². The Morgan fingerprint density at radius 1 is 0.864 bits per heavy atom. The Bertz CT molecular complexity index is 584. The van der Waals surface area contributed by atoms with Crippen molar-refractivity contribution in [3.8, 4) is 0 Å². The molecule has 0 spiro atoms. The van der Waals surface area contributed by atoms with E-state index in [9.17, 15) is 0 Å². The van der Waals surface area contributed by atoms with Crippen LogP contribution in [0.25, 0.3) is 6.08 Å². The van der Waals surface area contributed by atoms with Crippen LogP contribution in [0, 0.1) is 0 Å². The van der Waals surface area contributed by atoms with E-state index in [1.807, 2.05) is 0 Å². The van der Waals surface area contributed by atoms with Crippen molar-refractivity contribution < 1.29 is 0 Å². The highest BCUT2D eigenvalue weighted by atomic mass is 32.2. The van der Waals surface area contributed by atoms with Crippen LogP contribution in [0.3, 0.4) is 0 Å². The normalized spacial score (nSPS) is 17.6. The van der Waals surface area contributed by atoms with Crippen LogP contribution in [-0.2, 0) is 4.08 Å². The van der Waals surface area contributed by atoms with Gasteiger partial charge in [0.15, 0.2) is 0 Å². The van der Waals surface area contributed by atoms with Crippen LogP contribution in [0.15, 0.2) is 66.7 Å². The summed E-state index contributed by atoms with van der Waals surface area (Å²) in [5.74, 6) is 2.56. The number of thioether (sulfide) groups is 2. The minimum absolute atomic E-state index is 0.251. The maximum absolute atomic E-state index is 2.33. The molecule has 2 heteroatoms. The second-order valence-electron chi connectivity index (χ2n) is 5.52. The molecular formula is C20H22S2. The van der Waals surface area contributed by atoms with E-state index >= 15 is 0 Å². The van der Waals surface area contributed by atoms with Gasteiger partial charge < -0.3 is 0 Å². The Labute approximate surface area is 142 Å². The van der Waals surface area contributed by atoms with E-state index in [-0.39, 0.29) is 4.08 Å². The van der Waals surface area contributed by atoms with Gasteiger partial charge in [0.25, 0.3) is 0 Å². The van der Waals surface area contributed by atoms with E-state index in [1.54, 1.807) is 0 Å². The average molecular weight is 327 g/mol. The van der Waals surface area contributed by atoms with E-state index in [2.05, 4.69) is 96.3 Å². The summed E-state index contributed by atoms with van der Waals surface area (Å²) in [6.07, 6.45) is 8.25. The largest absolute Gasteiger partial charge is 0.139 e. The zero-order chi connectivity index (χ0) is 15.1. The zero-order valence-electron chi connectivity index (χ0n) is 12.8. The minimum atomic E-state index is 0.251. The summed E-state index contributed by atoms with van der Waals surface area (Å²) < 4.78 is 0.251. The predicted octanol–water partition coefficient (Wildman–Crippen LogP) is 6.20. The Morgan fingerprint density at radius 2 is 1.50 bits per heavy atom. The van der Waals surface area contributed by atoms with Crippen LogP contribution in [0.2, 0.25) is 0 Å². The molecule has 2 aromatic rings. The summed E-state index contributed by atoms with van der Waals surface area (Å²) in [6.45, 7) is 0. The van der Waals surface area contributed by atoms with Crippen molar-refractivity contribution in [1.82, 2.24) is 0 Å². The SMILES string of the molecule is C(=C\c1ccccc1)/CCC1(c2ccccc2)SCCCS1. The van der Waals surface area contributed by atoms with Gasteiger partial charge in [-0.25, -0.2) is 0 Å². The van der Waals surface area contributed by atoms with E-state index < -0.39 is 0 Å². The summed E-state index contributed by atoms with van der Waals surface area (Å²) in [6, 6.07) is 21.6. The molecule has 1 fully saturated rings. The average Bonchev–Trinajstić information content (AvgIpc) is 2.61. The molecule has 1 saturated heterocycles. The van der Waals surface area contributed by atoms with Crippen molar-refractivity contribution in [3.05, 3.63) is 77.9 Å². The second kappa shape index (κ2) is 7.94. The van der Waals surface area contributed by atoms with Gasteiger partial charge in [0, 0.05) is 0 Å². The molecule has 1 aliphatic rings. The van der Waals surface area contributed by atoms with Crippen LogP contribution in [0.4, 0.5) is 0 Å². The molecule has 0 radical (unpaired) electrons. The Hall–Kier alpha value is -1.12. The second-order valence-corrected chi connectivity index (χ2v) is 8.57. The molecule has 0 aliphatic carbocycles. The fourth-order valence-corrected chi connectivity index (χ4v) is 6.16. The topological polar surface area (TPSA) is 0 Å². The summed E-state index contributed by atoms with van der Waals surface area (Å²) >= 11 is 4.28. The maximum Gasteiger partial charge on any atom is 0.0863 e. The lowest BCUT2D eigenvalue weighted by atomic mass is 10.1. The van der Waals surface area contributed by atoms with Crippen molar-refractivity contribution in [2.45, 2.75) is 23.3 Å². The Kier molecular flexibility index (Phi) is 5.69. The van der Waals surface area contributed by atoms with Crippen LogP contribution < -0.4 is 0 Å². The van der Waals surface area contributed by atoms with Crippen LogP contribution in [-0.4, -0.2) is 11.5 Å². The maximum atomic E-state index is 2.33. The number of rotatable bonds is 5. The number of hydrogen-bond acceptors (Lipinski definition) is 2. The van der Waals surface area contributed by atoms with Gasteiger partial charge in [0.05, 0.1) is 4.08 Å². The quantitative estimate of drug-likeness (QED) is 0.641. The monoisotopic (exact) mass is 326 g/mol. The summed E-state index contributed by atoms with van der Waals surface area (Å²) in [7, 11) is 0. The third-order valence-corrected chi connectivity index (χ3v) is 7.43. The lowest BCUT2D eigenvalue weighted by Crippen LogP contribution is -2.22. The minimum Gasteiger partial charge on any atom is -0.139 e. The highest BCUT2D eigenvalue weighted by Gasteiger charge is 2.34. The van der Waals surface area contributed by atoms with Crippen molar-refractivity contribution in [2.24, 2.45) is 0 Å². The van der Waals surface area contributed by atoms with Crippen molar-refractivity contribution in [3.63, 3.8) is 0 Å². The zero-order valence-corrected chi connectivity index (χ0v) is 14.4. The number of allylic oxidation sites excluding steroid dienone is 1. The molecule has 114 valence electrons. The number of benzene rings is 2. The van der Waals surface area contributed by atoms with Crippen LogP contribution in [0.5, 0.6) is 0 Å².